The highest BCUT2D eigenvalue weighted by Crippen LogP contribution is 2.36. The average molecular weight is 281 g/mol. The monoisotopic (exact) mass is 281 g/mol. The lowest BCUT2D eigenvalue weighted by Gasteiger charge is -2.49. The van der Waals surface area contributed by atoms with E-state index in [-0.39, 0.29) is 5.91 Å². The molecule has 2 aromatic rings. The predicted octanol–water partition coefficient (Wildman–Crippen LogP) is 2.22. The van der Waals surface area contributed by atoms with Gasteiger partial charge in [-0.05, 0) is 49.5 Å². The van der Waals surface area contributed by atoms with E-state index in [1.54, 1.807) is 0 Å². The van der Waals surface area contributed by atoms with Gasteiger partial charge in [-0.15, -0.1) is 0 Å². The SMILES string of the molecule is O=C1c2cccc3[nH]cc(c23)CN1C1CN2CCC1CC2. The van der Waals surface area contributed by atoms with Gasteiger partial charge in [0.1, 0.15) is 0 Å². The van der Waals surface area contributed by atoms with Crippen LogP contribution in [-0.4, -0.2) is 46.4 Å². The standard InChI is InChI=1S/C17H19N3O/c21-17-13-2-1-3-14-16(13)12(8-18-14)9-20(17)15-10-19-6-4-11(15)5-7-19/h1-3,8,11,15,18H,4-7,9-10H2. The molecular formula is C17H19N3O. The van der Waals surface area contributed by atoms with Crippen LogP contribution in [0, 0.1) is 5.92 Å². The third kappa shape index (κ3) is 1.57. The van der Waals surface area contributed by atoms with E-state index in [2.05, 4.69) is 27.0 Å². The van der Waals surface area contributed by atoms with E-state index < -0.39 is 0 Å². The van der Waals surface area contributed by atoms with Gasteiger partial charge in [0.25, 0.3) is 5.91 Å². The van der Waals surface area contributed by atoms with Gasteiger partial charge < -0.3 is 14.8 Å². The van der Waals surface area contributed by atoms with Gasteiger partial charge in [-0.3, -0.25) is 4.79 Å². The topological polar surface area (TPSA) is 39.3 Å². The fourth-order valence-corrected chi connectivity index (χ4v) is 4.52. The Morgan fingerprint density at radius 3 is 2.81 bits per heavy atom. The zero-order valence-electron chi connectivity index (χ0n) is 12.0. The van der Waals surface area contributed by atoms with Crippen molar-refractivity contribution < 1.29 is 4.79 Å². The number of hydrogen-bond acceptors (Lipinski definition) is 2. The molecule has 1 unspecified atom stereocenters. The molecule has 4 aliphatic rings. The fourth-order valence-electron chi connectivity index (χ4n) is 4.52. The third-order valence-electron chi connectivity index (χ3n) is 5.64. The van der Waals surface area contributed by atoms with Crippen molar-refractivity contribution in [3.63, 3.8) is 0 Å². The number of nitrogens with one attached hydrogen (secondary N) is 1. The molecule has 21 heavy (non-hydrogen) atoms. The van der Waals surface area contributed by atoms with Crippen molar-refractivity contribution >= 4 is 16.8 Å². The quantitative estimate of drug-likeness (QED) is 0.870. The van der Waals surface area contributed by atoms with Crippen molar-refractivity contribution in [2.24, 2.45) is 5.92 Å². The number of carbonyl (C=O) groups excluding carboxylic acids is 1. The highest BCUT2D eigenvalue weighted by molar-refractivity contribution is 6.09. The molecule has 4 aliphatic heterocycles. The Hall–Kier alpha value is -1.81. The van der Waals surface area contributed by atoms with E-state index in [4.69, 9.17) is 0 Å². The van der Waals surface area contributed by atoms with Crippen LogP contribution in [0.3, 0.4) is 0 Å². The van der Waals surface area contributed by atoms with Gasteiger partial charge >= 0.3 is 0 Å². The number of benzene rings is 1. The maximum atomic E-state index is 13.0. The van der Waals surface area contributed by atoms with Crippen LogP contribution in [0.25, 0.3) is 10.9 Å². The van der Waals surface area contributed by atoms with Crippen LogP contribution in [0.1, 0.15) is 28.8 Å². The lowest BCUT2D eigenvalue weighted by molar-refractivity contribution is 0.00408. The number of piperidine rings is 3. The number of aromatic amines is 1. The highest BCUT2D eigenvalue weighted by atomic mass is 16.2. The Bertz CT molecular complexity index is 727. The minimum Gasteiger partial charge on any atom is -0.361 e. The number of nitrogens with zero attached hydrogens (tertiary/aromatic N) is 2. The van der Waals surface area contributed by atoms with Crippen LogP contribution in [0.5, 0.6) is 0 Å². The normalized spacial score (nSPS) is 31.1. The molecular weight excluding hydrogens is 262 g/mol. The summed E-state index contributed by atoms with van der Waals surface area (Å²) in [5, 5.41) is 1.14. The Kier molecular flexibility index (Phi) is 2.31. The zero-order valence-corrected chi connectivity index (χ0v) is 12.0. The van der Waals surface area contributed by atoms with Gasteiger partial charge in [0.15, 0.2) is 0 Å². The summed E-state index contributed by atoms with van der Waals surface area (Å²) in [6.07, 6.45) is 4.58. The van der Waals surface area contributed by atoms with Gasteiger partial charge in [0, 0.05) is 41.8 Å². The highest BCUT2D eigenvalue weighted by Gasteiger charge is 2.41. The van der Waals surface area contributed by atoms with Crippen LogP contribution < -0.4 is 0 Å². The molecule has 3 fully saturated rings. The van der Waals surface area contributed by atoms with Gasteiger partial charge in [-0.25, -0.2) is 0 Å². The maximum Gasteiger partial charge on any atom is 0.255 e. The van der Waals surface area contributed by atoms with Gasteiger partial charge in [-0.2, -0.15) is 0 Å². The van der Waals surface area contributed by atoms with E-state index in [9.17, 15) is 4.79 Å². The summed E-state index contributed by atoms with van der Waals surface area (Å²) in [6, 6.07) is 6.42. The van der Waals surface area contributed by atoms with E-state index in [1.165, 1.54) is 31.5 Å². The van der Waals surface area contributed by atoms with E-state index in [1.807, 2.05) is 12.1 Å². The molecule has 0 aliphatic carbocycles. The fraction of sp³-hybridized carbons (Fsp3) is 0.471. The van der Waals surface area contributed by atoms with Crippen LogP contribution in [-0.2, 0) is 6.54 Å². The van der Waals surface area contributed by atoms with E-state index in [0.29, 0.717) is 12.0 Å². The molecule has 3 saturated heterocycles. The zero-order chi connectivity index (χ0) is 14.0. The number of amides is 1. The molecule has 1 N–H and O–H groups in total. The van der Waals surface area contributed by atoms with Crippen LogP contribution in [0.15, 0.2) is 24.4 Å². The van der Waals surface area contributed by atoms with Crippen molar-refractivity contribution in [3.8, 4) is 0 Å². The average Bonchev–Trinajstić information content (AvgIpc) is 2.96. The molecule has 5 heterocycles. The second-order valence-corrected chi connectivity index (χ2v) is 6.68. The lowest BCUT2D eigenvalue weighted by Crippen LogP contribution is -2.58. The summed E-state index contributed by atoms with van der Waals surface area (Å²) in [4.78, 5) is 20.9. The van der Waals surface area contributed by atoms with Crippen molar-refractivity contribution in [1.29, 1.82) is 0 Å². The van der Waals surface area contributed by atoms with Crippen molar-refractivity contribution in [2.45, 2.75) is 25.4 Å². The summed E-state index contributed by atoms with van der Waals surface area (Å²) in [6.45, 7) is 4.26. The smallest absolute Gasteiger partial charge is 0.255 e. The first-order chi connectivity index (χ1) is 10.3. The molecule has 0 radical (unpaired) electrons. The van der Waals surface area contributed by atoms with Crippen molar-refractivity contribution in [2.75, 3.05) is 19.6 Å². The largest absolute Gasteiger partial charge is 0.361 e. The molecule has 2 bridgehead atoms. The number of carbonyl (C=O) groups is 1. The van der Waals surface area contributed by atoms with Gasteiger partial charge in [0.2, 0.25) is 0 Å². The lowest BCUT2D eigenvalue weighted by atomic mass is 9.82. The molecule has 108 valence electrons. The minimum absolute atomic E-state index is 0.228. The molecule has 1 atom stereocenters. The Balaban J connectivity index is 1.57. The Morgan fingerprint density at radius 2 is 2.05 bits per heavy atom. The second-order valence-electron chi connectivity index (χ2n) is 6.68. The molecule has 0 spiro atoms. The first-order valence-electron chi connectivity index (χ1n) is 7.93. The van der Waals surface area contributed by atoms with E-state index >= 15 is 0 Å². The molecule has 4 nitrogen and oxygen atoms in total. The second kappa shape index (κ2) is 4.10. The Labute approximate surface area is 123 Å². The van der Waals surface area contributed by atoms with Gasteiger partial charge in [-0.1, -0.05) is 6.07 Å². The molecule has 1 aromatic heterocycles. The number of rotatable bonds is 1. The van der Waals surface area contributed by atoms with E-state index in [0.717, 1.165) is 29.6 Å². The maximum absolute atomic E-state index is 13.0. The number of aromatic nitrogens is 1. The number of hydrogen-bond donors (Lipinski definition) is 1. The Morgan fingerprint density at radius 1 is 1.19 bits per heavy atom. The predicted molar refractivity (Wildman–Crippen MR) is 81.1 cm³/mol. The van der Waals surface area contributed by atoms with Crippen molar-refractivity contribution in [3.05, 3.63) is 35.5 Å². The van der Waals surface area contributed by atoms with Crippen molar-refractivity contribution in [1.82, 2.24) is 14.8 Å². The summed E-state index contributed by atoms with van der Waals surface area (Å²) in [5.74, 6) is 0.921. The van der Waals surface area contributed by atoms with Crippen LogP contribution >= 0.6 is 0 Å². The first-order valence-corrected chi connectivity index (χ1v) is 7.93. The first kappa shape index (κ1) is 11.8. The van der Waals surface area contributed by atoms with Crippen LogP contribution in [0.4, 0.5) is 0 Å². The summed E-state index contributed by atoms with van der Waals surface area (Å²) in [5.41, 5.74) is 3.24. The summed E-state index contributed by atoms with van der Waals surface area (Å²) >= 11 is 0. The summed E-state index contributed by atoms with van der Waals surface area (Å²) in [7, 11) is 0. The molecule has 4 heteroatoms. The number of fused-ring (bicyclic) bond motifs is 3. The molecule has 0 saturated carbocycles. The van der Waals surface area contributed by atoms with Gasteiger partial charge in [0.05, 0.1) is 0 Å². The summed E-state index contributed by atoms with van der Waals surface area (Å²) < 4.78 is 0. The minimum atomic E-state index is 0.228. The van der Waals surface area contributed by atoms with Crippen LogP contribution in [0.2, 0.25) is 0 Å². The third-order valence-corrected chi connectivity index (χ3v) is 5.64. The molecule has 6 rings (SSSR count). The molecule has 1 aromatic carbocycles. The molecule has 1 amide bonds. The number of H-pyrrole nitrogens is 1.